The van der Waals surface area contributed by atoms with Gasteiger partial charge in [0.15, 0.2) is 0 Å². The molecular weight excluding hydrogens is 381 g/mol. The van der Waals surface area contributed by atoms with Crippen LogP contribution in [0.3, 0.4) is 0 Å². The molecule has 0 amide bonds. The summed E-state index contributed by atoms with van der Waals surface area (Å²) in [5, 5.41) is 0. The lowest BCUT2D eigenvalue weighted by Crippen LogP contribution is -2.19. The fourth-order valence-electron chi connectivity index (χ4n) is 1.90. The van der Waals surface area contributed by atoms with Gasteiger partial charge in [-0.1, -0.05) is 12.1 Å². The van der Waals surface area contributed by atoms with Crippen LogP contribution in [0.2, 0.25) is 0 Å². The number of anilines is 1. The molecule has 0 aliphatic heterocycles. The molecule has 0 atom stereocenters. The van der Waals surface area contributed by atoms with Crippen LogP contribution in [0.4, 0.5) is 18.9 Å². The number of hydrogen-bond acceptors (Lipinski definition) is 4. The van der Waals surface area contributed by atoms with Crippen LogP contribution in [-0.4, -0.2) is 23.9 Å². The Labute approximate surface area is 142 Å². The first-order chi connectivity index (χ1) is 11.5. The standard InChI is InChI=1S/C14H13F3N2O4S2/c1-18-24(20,21)12-6-3-7-13(9-12)25(22,23)19-11-5-2-4-10(8-11)14(15,16)17/h2-9,18-19H,1H3. The Kier molecular flexibility index (Phi) is 5.11. The van der Waals surface area contributed by atoms with Crippen LogP contribution < -0.4 is 9.44 Å². The number of sulfonamides is 2. The predicted octanol–water partition coefficient (Wildman–Crippen LogP) is 2.41. The minimum atomic E-state index is -4.62. The predicted molar refractivity (Wildman–Crippen MR) is 84.9 cm³/mol. The second-order valence-corrected chi connectivity index (χ2v) is 8.44. The Bertz CT molecular complexity index is 987. The van der Waals surface area contributed by atoms with Crippen molar-refractivity contribution in [2.75, 3.05) is 11.8 Å². The summed E-state index contributed by atoms with van der Waals surface area (Å²) in [5.74, 6) is 0. The van der Waals surface area contributed by atoms with E-state index in [1.807, 2.05) is 9.44 Å². The van der Waals surface area contributed by atoms with Gasteiger partial charge in [-0.2, -0.15) is 13.2 Å². The van der Waals surface area contributed by atoms with Gasteiger partial charge in [-0.25, -0.2) is 21.6 Å². The lowest BCUT2D eigenvalue weighted by Gasteiger charge is -2.12. The molecule has 0 aromatic heterocycles. The lowest BCUT2D eigenvalue weighted by atomic mass is 10.2. The summed E-state index contributed by atoms with van der Waals surface area (Å²) in [7, 11) is -6.98. The molecule has 2 N–H and O–H groups in total. The average Bonchev–Trinajstić information content (AvgIpc) is 2.54. The van der Waals surface area contributed by atoms with Gasteiger partial charge in [-0.05, 0) is 43.4 Å². The number of hydrogen-bond donors (Lipinski definition) is 2. The molecule has 0 aliphatic rings. The Balaban J connectivity index is 2.40. The Morgan fingerprint density at radius 2 is 1.40 bits per heavy atom. The van der Waals surface area contributed by atoms with E-state index in [1.165, 1.54) is 12.1 Å². The van der Waals surface area contributed by atoms with Crippen LogP contribution in [0.1, 0.15) is 5.56 Å². The van der Waals surface area contributed by atoms with Gasteiger partial charge >= 0.3 is 6.18 Å². The van der Waals surface area contributed by atoms with Crippen LogP contribution >= 0.6 is 0 Å². The zero-order chi connectivity index (χ0) is 18.9. The van der Waals surface area contributed by atoms with Gasteiger partial charge in [0.25, 0.3) is 10.0 Å². The highest BCUT2D eigenvalue weighted by Gasteiger charge is 2.30. The molecule has 0 aliphatic carbocycles. The monoisotopic (exact) mass is 394 g/mol. The van der Waals surface area contributed by atoms with Gasteiger partial charge < -0.3 is 0 Å². The minimum Gasteiger partial charge on any atom is -0.280 e. The van der Waals surface area contributed by atoms with Crippen molar-refractivity contribution < 1.29 is 30.0 Å². The Morgan fingerprint density at radius 1 is 0.840 bits per heavy atom. The van der Waals surface area contributed by atoms with E-state index in [0.717, 1.165) is 37.4 Å². The summed E-state index contributed by atoms with van der Waals surface area (Å²) in [6, 6.07) is 8.10. The molecule has 6 nitrogen and oxygen atoms in total. The molecule has 0 fully saturated rings. The van der Waals surface area contributed by atoms with Crippen LogP contribution in [0, 0.1) is 0 Å². The van der Waals surface area contributed by atoms with Crippen molar-refractivity contribution >= 4 is 25.7 Å². The Hall–Kier alpha value is -2.11. The van der Waals surface area contributed by atoms with E-state index >= 15 is 0 Å². The van der Waals surface area contributed by atoms with E-state index in [9.17, 15) is 30.0 Å². The van der Waals surface area contributed by atoms with Crippen molar-refractivity contribution in [2.45, 2.75) is 16.0 Å². The first-order valence-corrected chi connectivity index (χ1v) is 9.66. The van der Waals surface area contributed by atoms with Crippen LogP contribution in [0.15, 0.2) is 58.3 Å². The highest BCUT2D eigenvalue weighted by molar-refractivity contribution is 7.93. The summed E-state index contributed by atoms with van der Waals surface area (Å²) in [4.78, 5) is -0.692. The van der Waals surface area contributed by atoms with Crippen molar-refractivity contribution in [3.8, 4) is 0 Å². The molecule has 136 valence electrons. The van der Waals surface area contributed by atoms with Crippen LogP contribution in [0.25, 0.3) is 0 Å². The highest BCUT2D eigenvalue weighted by atomic mass is 32.2. The number of alkyl halides is 3. The maximum atomic E-state index is 12.7. The average molecular weight is 394 g/mol. The van der Waals surface area contributed by atoms with Gasteiger partial charge in [0.05, 0.1) is 15.4 Å². The van der Waals surface area contributed by atoms with Crippen molar-refractivity contribution in [2.24, 2.45) is 0 Å². The normalized spacial score (nSPS) is 12.8. The summed E-state index contributed by atoms with van der Waals surface area (Å²) in [5.41, 5.74) is -1.31. The van der Waals surface area contributed by atoms with Crippen molar-refractivity contribution in [1.82, 2.24) is 4.72 Å². The van der Waals surface area contributed by atoms with E-state index in [0.29, 0.717) is 6.07 Å². The first kappa shape index (κ1) is 19.2. The minimum absolute atomic E-state index is 0.290. The molecule has 0 heterocycles. The molecule has 0 saturated heterocycles. The number of halogens is 3. The molecule has 0 saturated carbocycles. The molecule has 0 radical (unpaired) electrons. The summed E-state index contributed by atoms with van der Waals surface area (Å²) < 4.78 is 90.3. The molecular formula is C14H13F3N2O4S2. The van der Waals surface area contributed by atoms with E-state index in [-0.39, 0.29) is 10.6 Å². The number of rotatable bonds is 5. The second-order valence-electron chi connectivity index (χ2n) is 4.87. The first-order valence-electron chi connectivity index (χ1n) is 6.69. The van der Waals surface area contributed by atoms with E-state index in [4.69, 9.17) is 0 Å². The van der Waals surface area contributed by atoms with E-state index < -0.39 is 36.7 Å². The third kappa shape index (κ3) is 4.50. The van der Waals surface area contributed by atoms with E-state index in [1.54, 1.807) is 0 Å². The Morgan fingerprint density at radius 3 is 1.96 bits per heavy atom. The fourth-order valence-corrected chi connectivity index (χ4v) is 3.84. The largest absolute Gasteiger partial charge is 0.416 e. The summed E-state index contributed by atoms with van der Waals surface area (Å²) >= 11 is 0. The zero-order valence-corrected chi connectivity index (χ0v) is 14.3. The molecule has 25 heavy (non-hydrogen) atoms. The molecule has 0 spiro atoms. The maximum Gasteiger partial charge on any atom is 0.416 e. The topological polar surface area (TPSA) is 92.3 Å². The van der Waals surface area contributed by atoms with Crippen LogP contribution in [-0.2, 0) is 26.2 Å². The zero-order valence-electron chi connectivity index (χ0n) is 12.7. The quantitative estimate of drug-likeness (QED) is 0.815. The van der Waals surface area contributed by atoms with Gasteiger partial charge in [0.2, 0.25) is 10.0 Å². The van der Waals surface area contributed by atoms with Gasteiger partial charge in [0, 0.05) is 5.69 Å². The van der Waals surface area contributed by atoms with Crippen molar-refractivity contribution in [3.05, 3.63) is 54.1 Å². The third-order valence-corrected chi connectivity index (χ3v) is 5.93. The molecule has 0 unspecified atom stereocenters. The SMILES string of the molecule is CNS(=O)(=O)c1cccc(S(=O)(=O)Nc2cccc(C(F)(F)F)c2)c1. The molecule has 2 rings (SSSR count). The van der Waals surface area contributed by atoms with Gasteiger partial charge in [0.1, 0.15) is 0 Å². The molecule has 11 heteroatoms. The van der Waals surface area contributed by atoms with Gasteiger partial charge in [-0.3, -0.25) is 4.72 Å². The number of nitrogens with one attached hydrogen (secondary N) is 2. The molecule has 0 bridgehead atoms. The van der Waals surface area contributed by atoms with E-state index in [2.05, 4.69) is 0 Å². The summed E-state index contributed by atoms with van der Waals surface area (Å²) in [6.07, 6.45) is -4.62. The maximum absolute atomic E-state index is 12.7. The van der Waals surface area contributed by atoms with Gasteiger partial charge in [-0.15, -0.1) is 0 Å². The second kappa shape index (κ2) is 6.65. The smallest absolute Gasteiger partial charge is 0.280 e. The van der Waals surface area contributed by atoms with Crippen molar-refractivity contribution in [3.63, 3.8) is 0 Å². The fraction of sp³-hybridized carbons (Fsp3) is 0.143. The highest BCUT2D eigenvalue weighted by Crippen LogP contribution is 2.31. The molecule has 2 aromatic carbocycles. The van der Waals surface area contributed by atoms with Crippen molar-refractivity contribution in [1.29, 1.82) is 0 Å². The third-order valence-electron chi connectivity index (χ3n) is 3.14. The number of benzene rings is 2. The molecule has 2 aromatic rings. The lowest BCUT2D eigenvalue weighted by molar-refractivity contribution is -0.137. The summed E-state index contributed by atoms with van der Waals surface area (Å²) in [6.45, 7) is 0. The van der Waals surface area contributed by atoms with Crippen LogP contribution in [0.5, 0.6) is 0 Å².